The van der Waals surface area contributed by atoms with E-state index in [4.69, 9.17) is 0 Å². The van der Waals surface area contributed by atoms with Crippen LogP contribution in [0.2, 0.25) is 0 Å². The lowest BCUT2D eigenvalue weighted by Gasteiger charge is -2.27. The first kappa shape index (κ1) is 10.1. The minimum Gasteiger partial charge on any atom is -0.338 e. The molecule has 0 radical (unpaired) electrons. The average Bonchev–Trinajstić information content (AvgIpc) is 2.31. The van der Waals surface area contributed by atoms with Gasteiger partial charge in [-0.05, 0) is 6.07 Å². The molecule has 1 fully saturated rings. The zero-order chi connectivity index (χ0) is 10.5. The van der Waals surface area contributed by atoms with Gasteiger partial charge in [-0.2, -0.15) is 0 Å². The van der Waals surface area contributed by atoms with Crippen molar-refractivity contribution < 1.29 is 0 Å². The first-order chi connectivity index (χ1) is 7.40. The first-order valence-corrected chi connectivity index (χ1v) is 5.28. The molecule has 4 heteroatoms. The Bertz CT molecular complexity index is 331. The maximum absolute atomic E-state index is 4.50. The van der Waals surface area contributed by atoms with Crippen molar-refractivity contribution in [3.05, 3.63) is 30.6 Å². The second-order valence-corrected chi connectivity index (χ2v) is 3.58. The fraction of sp³-hybridized carbons (Fsp3) is 0.455. The van der Waals surface area contributed by atoms with Crippen molar-refractivity contribution in [2.75, 3.05) is 31.1 Å². The van der Waals surface area contributed by atoms with E-state index in [0.717, 1.165) is 44.2 Å². The smallest absolute Gasteiger partial charge is 0.225 e. The van der Waals surface area contributed by atoms with Crippen molar-refractivity contribution in [3.8, 4) is 0 Å². The Morgan fingerprint density at radius 2 is 2.27 bits per heavy atom. The van der Waals surface area contributed by atoms with E-state index in [2.05, 4.69) is 26.8 Å². The van der Waals surface area contributed by atoms with Crippen molar-refractivity contribution >= 4 is 5.95 Å². The minimum atomic E-state index is 0.807. The predicted molar refractivity (Wildman–Crippen MR) is 61.0 cm³/mol. The van der Waals surface area contributed by atoms with Crippen LogP contribution in [0.5, 0.6) is 0 Å². The molecule has 0 amide bonds. The number of allylic oxidation sites excluding steroid dienone is 1. The van der Waals surface area contributed by atoms with Crippen LogP contribution >= 0.6 is 0 Å². The molecule has 1 aliphatic heterocycles. The van der Waals surface area contributed by atoms with E-state index >= 15 is 0 Å². The standard InChI is InChI=1S/C11H16N4/c1-2-3-10-4-5-13-11(14-10)15-8-6-12-7-9-15/h2,4-5,12H,1,3,6-9H2. The van der Waals surface area contributed by atoms with Gasteiger partial charge in [-0.25, -0.2) is 9.97 Å². The van der Waals surface area contributed by atoms with E-state index < -0.39 is 0 Å². The van der Waals surface area contributed by atoms with E-state index in [-0.39, 0.29) is 0 Å². The fourth-order valence-corrected chi connectivity index (χ4v) is 1.66. The number of aromatic nitrogens is 2. The Morgan fingerprint density at radius 3 is 3.00 bits per heavy atom. The van der Waals surface area contributed by atoms with Crippen LogP contribution in [0.1, 0.15) is 5.69 Å². The molecule has 2 rings (SSSR count). The van der Waals surface area contributed by atoms with Gasteiger partial charge < -0.3 is 10.2 Å². The molecular formula is C11H16N4. The maximum atomic E-state index is 4.50. The van der Waals surface area contributed by atoms with Gasteiger partial charge in [-0.3, -0.25) is 0 Å². The summed E-state index contributed by atoms with van der Waals surface area (Å²) in [7, 11) is 0. The van der Waals surface area contributed by atoms with E-state index in [9.17, 15) is 0 Å². The zero-order valence-electron chi connectivity index (χ0n) is 8.82. The third kappa shape index (κ3) is 2.53. The van der Waals surface area contributed by atoms with E-state index in [0.29, 0.717) is 0 Å². The Kier molecular flexibility index (Phi) is 3.29. The van der Waals surface area contributed by atoms with E-state index in [1.54, 1.807) is 0 Å². The molecule has 1 aliphatic rings. The van der Waals surface area contributed by atoms with Crippen LogP contribution < -0.4 is 10.2 Å². The lowest BCUT2D eigenvalue weighted by atomic mass is 10.3. The Balaban J connectivity index is 2.12. The van der Waals surface area contributed by atoms with Crippen LogP contribution in [0.15, 0.2) is 24.9 Å². The number of hydrogen-bond acceptors (Lipinski definition) is 4. The van der Waals surface area contributed by atoms with Crippen LogP contribution in [-0.2, 0) is 6.42 Å². The van der Waals surface area contributed by atoms with Gasteiger partial charge >= 0.3 is 0 Å². The Labute approximate surface area is 90.0 Å². The Morgan fingerprint density at radius 1 is 1.47 bits per heavy atom. The fourth-order valence-electron chi connectivity index (χ4n) is 1.66. The van der Waals surface area contributed by atoms with Gasteiger partial charge in [0.05, 0.1) is 0 Å². The average molecular weight is 204 g/mol. The molecule has 1 N–H and O–H groups in total. The highest BCUT2D eigenvalue weighted by Crippen LogP contribution is 2.08. The number of nitrogens with zero attached hydrogens (tertiary/aromatic N) is 3. The molecule has 0 spiro atoms. The first-order valence-electron chi connectivity index (χ1n) is 5.28. The monoisotopic (exact) mass is 204 g/mol. The maximum Gasteiger partial charge on any atom is 0.225 e. The highest BCUT2D eigenvalue weighted by Gasteiger charge is 2.12. The van der Waals surface area contributed by atoms with Gasteiger partial charge in [-0.1, -0.05) is 6.08 Å². The summed E-state index contributed by atoms with van der Waals surface area (Å²) in [5.74, 6) is 0.843. The van der Waals surface area contributed by atoms with Crippen LogP contribution in [0.25, 0.3) is 0 Å². The Hall–Kier alpha value is -1.42. The van der Waals surface area contributed by atoms with Gasteiger partial charge in [0.15, 0.2) is 0 Å². The molecule has 1 aromatic rings. The molecule has 0 unspecified atom stereocenters. The molecule has 1 aromatic heterocycles. The summed E-state index contributed by atoms with van der Waals surface area (Å²) in [5, 5.41) is 3.31. The molecule has 4 nitrogen and oxygen atoms in total. The van der Waals surface area contributed by atoms with Gasteiger partial charge in [0, 0.05) is 44.5 Å². The summed E-state index contributed by atoms with van der Waals surface area (Å²) in [4.78, 5) is 11.0. The molecule has 80 valence electrons. The summed E-state index contributed by atoms with van der Waals surface area (Å²) in [6.45, 7) is 7.70. The normalized spacial score (nSPS) is 16.4. The molecule has 0 saturated carbocycles. The van der Waals surface area contributed by atoms with Crippen molar-refractivity contribution in [2.45, 2.75) is 6.42 Å². The van der Waals surface area contributed by atoms with Crippen molar-refractivity contribution in [1.29, 1.82) is 0 Å². The van der Waals surface area contributed by atoms with Gasteiger partial charge in [-0.15, -0.1) is 6.58 Å². The van der Waals surface area contributed by atoms with Crippen LogP contribution in [0.3, 0.4) is 0 Å². The van der Waals surface area contributed by atoms with Crippen LogP contribution in [-0.4, -0.2) is 36.1 Å². The summed E-state index contributed by atoms with van der Waals surface area (Å²) in [5.41, 5.74) is 1.04. The highest BCUT2D eigenvalue weighted by molar-refractivity contribution is 5.31. The SMILES string of the molecule is C=CCc1ccnc(N2CCNCC2)n1. The van der Waals surface area contributed by atoms with Crippen molar-refractivity contribution in [2.24, 2.45) is 0 Å². The van der Waals surface area contributed by atoms with Crippen molar-refractivity contribution in [3.63, 3.8) is 0 Å². The molecule has 1 saturated heterocycles. The molecular weight excluding hydrogens is 188 g/mol. The third-order valence-corrected chi connectivity index (χ3v) is 2.45. The lowest BCUT2D eigenvalue weighted by molar-refractivity contribution is 0.579. The topological polar surface area (TPSA) is 41.1 Å². The molecule has 0 bridgehead atoms. The second-order valence-electron chi connectivity index (χ2n) is 3.58. The lowest BCUT2D eigenvalue weighted by Crippen LogP contribution is -2.44. The number of anilines is 1. The minimum absolute atomic E-state index is 0.807. The molecule has 2 heterocycles. The zero-order valence-corrected chi connectivity index (χ0v) is 8.82. The van der Waals surface area contributed by atoms with Gasteiger partial charge in [0.25, 0.3) is 0 Å². The third-order valence-electron chi connectivity index (χ3n) is 2.45. The number of rotatable bonds is 3. The quantitative estimate of drug-likeness (QED) is 0.733. The molecule has 0 atom stereocenters. The molecule has 0 aromatic carbocycles. The van der Waals surface area contributed by atoms with Crippen LogP contribution in [0, 0.1) is 0 Å². The summed E-state index contributed by atoms with van der Waals surface area (Å²) >= 11 is 0. The van der Waals surface area contributed by atoms with Gasteiger partial charge in [0.2, 0.25) is 5.95 Å². The molecule has 0 aliphatic carbocycles. The molecule has 15 heavy (non-hydrogen) atoms. The van der Waals surface area contributed by atoms with Crippen molar-refractivity contribution in [1.82, 2.24) is 15.3 Å². The van der Waals surface area contributed by atoms with E-state index in [1.165, 1.54) is 0 Å². The largest absolute Gasteiger partial charge is 0.338 e. The number of hydrogen-bond donors (Lipinski definition) is 1. The number of piperazine rings is 1. The summed E-state index contributed by atoms with van der Waals surface area (Å²) < 4.78 is 0. The predicted octanol–water partition coefficient (Wildman–Crippen LogP) is 0.615. The summed E-state index contributed by atoms with van der Waals surface area (Å²) in [6.07, 6.45) is 4.49. The summed E-state index contributed by atoms with van der Waals surface area (Å²) in [6, 6.07) is 1.94. The van der Waals surface area contributed by atoms with Gasteiger partial charge in [0.1, 0.15) is 0 Å². The highest BCUT2D eigenvalue weighted by atomic mass is 15.3. The second kappa shape index (κ2) is 4.89. The number of nitrogens with one attached hydrogen (secondary N) is 1. The van der Waals surface area contributed by atoms with E-state index in [1.807, 2.05) is 18.3 Å². The van der Waals surface area contributed by atoms with Crippen LogP contribution in [0.4, 0.5) is 5.95 Å².